The van der Waals surface area contributed by atoms with E-state index in [1.54, 1.807) is 12.1 Å². The average molecular weight is 336 g/mol. The third-order valence-corrected chi connectivity index (χ3v) is 4.33. The minimum absolute atomic E-state index is 0.00553. The normalized spacial score (nSPS) is 17.6. The molecular formula is C16H15BrFNO. The van der Waals surface area contributed by atoms with Gasteiger partial charge in [0.2, 0.25) is 5.91 Å². The first kappa shape index (κ1) is 13.6. The molecule has 1 heterocycles. The SMILES string of the molecule is O=C(Cc1ccc(Br)cc1F)N1CC2=C(CCC=C2)C1. The van der Waals surface area contributed by atoms with Gasteiger partial charge in [-0.15, -0.1) is 0 Å². The predicted octanol–water partition coefficient (Wildman–Crippen LogP) is 3.62. The van der Waals surface area contributed by atoms with E-state index in [2.05, 4.69) is 28.1 Å². The molecule has 1 aromatic carbocycles. The van der Waals surface area contributed by atoms with Crippen molar-refractivity contribution in [3.05, 3.63) is 57.4 Å². The third kappa shape index (κ3) is 2.70. The van der Waals surface area contributed by atoms with Crippen molar-refractivity contribution >= 4 is 21.8 Å². The number of allylic oxidation sites excluding steroid dienone is 1. The topological polar surface area (TPSA) is 20.3 Å². The Hall–Kier alpha value is -1.42. The Bertz CT molecular complexity index is 621. The van der Waals surface area contributed by atoms with Crippen molar-refractivity contribution in [2.75, 3.05) is 13.1 Å². The minimum Gasteiger partial charge on any atom is -0.334 e. The van der Waals surface area contributed by atoms with Gasteiger partial charge >= 0.3 is 0 Å². The van der Waals surface area contributed by atoms with Gasteiger partial charge in [0.1, 0.15) is 5.82 Å². The highest BCUT2D eigenvalue weighted by Crippen LogP contribution is 2.27. The van der Waals surface area contributed by atoms with Crippen LogP contribution in [0.4, 0.5) is 4.39 Å². The molecule has 0 atom stereocenters. The molecule has 1 aliphatic carbocycles. The highest BCUT2D eigenvalue weighted by Gasteiger charge is 2.25. The molecule has 3 rings (SSSR count). The smallest absolute Gasteiger partial charge is 0.227 e. The molecule has 0 bridgehead atoms. The van der Waals surface area contributed by atoms with Crippen molar-refractivity contribution in [1.29, 1.82) is 0 Å². The third-order valence-electron chi connectivity index (χ3n) is 3.84. The Morgan fingerprint density at radius 2 is 2.20 bits per heavy atom. The van der Waals surface area contributed by atoms with Crippen molar-refractivity contribution in [3.8, 4) is 0 Å². The summed E-state index contributed by atoms with van der Waals surface area (Å²) in [5.74, 6) is -0.335. The van der Waals surface area contributed by atoms with E-state index in [1.165, 1.54) is 17.2 Å². The van der Waals surface area contributed by atoms with E-state index in [0.717, 1.165) is 12.8 Å². The van der Waals surface area contributed by atoms with Crippen LogP contribution in [-0.4, -0.2) is 23.9 Å². The summed E-state index contributed by atoms with van der Waals surface area (Å²) in [6.45, 7) is 1.37. The first-order valence-corrected chi connectivity index (χ1v) is 7.52. The second kappa shape index (κ2) is 5.52. The summed E-state index contributed by atoms with van der Waals surface area (Å²) in [7, 11) is 0. The summed E-state index contributed by atoms with van der Waals surface area (Å²) in [6.07, 6.45) is 6.50. The van der Waals surface area contributed by atoms with Crippen LogP contribution in [0.2, 0.25) is 0 Å². The molecule has 0 radical (unpaired) electrons. The zero-order chi connectivity index (χ0) is 14.1. The average Bonchev–Trinajstić information content (AvgIpc) is 2.86. The maximum absolute atomic E-state index is 13.8. The number of rotatable bonds is 2. The number of amides is 1. The van der Waals surface area contributed by atoms with Gasteiger partial charge in [0.15, 0.2) is 0 Å². The van der Waals surface area contributed by atoms with E-state index in [0.29, 0.717) is 23.1 Å². The van der Waals surface area contributed by atoms with Gasteiger partial charge in [-0.25, -0.2) is 4.39 Å². The highest BCUT2D eigenvalue weighted by atomic mass is 79.9. The molecule has 0 aromatic heterocycles. The van der Waals surface area contributed by atoms with E-state index in [-0.39, 0.29) is 18.1 Å². The fourth-order valence-corrected chi connectivity index (χ4v) is 3.05. The van der Waals surface area contributed by atoms with Gasteiger partial charge in [-0.2, -0.15) is 0 Å². The Morgan fingerprint density at radius 1 is 1.35 bits per heavy atom. The molecule has 1 aromatic rings. The van der Waals surface area contributed by atoms with Crippen LogP contribution < -0.4 is 0 Å². The molecule has 2 nitrogen and oxygen atoms in total. The van der Waals surface area contributed by atoms with Crippen LogP contribution in [0, 0.1) is 5.82 Å². The molecule has 0 N–H and O–H groups in total. The Morgan fingerprint density at radius 3 is 2.95 bits per heavy atom. The van der Waals surface area contributed by atoms with Crippen molar-refractivity contribution in [2.45, 2.75) is 19.3 Å². The lowest BCUT2D eigenvalue weighted by Gasteiger charge is -2.16. The molecule has 1 amide bonds. The molecule has 0 saturated heterocycles. The number of carbonyl (C=O) groups is 1. The van der Waals surface area contributed by atoms with Crippen LogP contribution in [-0.2, 0) is 11.2 Å². The number of benzene rings is 1. The maximum atomic E-state index is 13.8. The van der Waals surface area contributed by atoms with E-state index in [1.807, 2.05) is 4.90 Å². The number of carbonyl (C=O) groups excluding carboxylic acids is 1. The van der Waals surface area contributed by atoms with Gasteiger partial charge in [0.25, 0.3) is 0 Å². The van der Waals surface area contributed by atoms with E-state index >= 15 is 0 Å². The van der Waals surface area contributed by atoms with Gasteiger partial charge in [0.05, 0.1) is 6.42 Å². The first-order valence-electron chi connectivity index (χ1n) is 6.72. The predicted molar refractivity (Wildman–Crippen MR) is 79.8 cm³/mol. The van der Waals surface area contributed by atoms with Crippen molar-refractivity contribution < 1.29 is 9.18 Å². The fraction of sp³-hybridized carbons (Fsp3) is 0.312. The van der Waals surface area contributed by atoms with Gasteiger partial charge in [-0.05, 0) is 41.7 Å². The molecule has 0 spiro atoms. The Labute approximate surface area is 126 Å². The van der Waals surface area contributed by atoms with Gasteiger partial charge in [-0.3, -0.25) is 4.79 Å². The second-order valence-electron chi connectivity index (χ2n) is 5.23. The number of hydrogen-bond donors (Lipinski definition) is 0. The molecule has 2 aliphatic rings. The van der Waals surface area contributed by atoms with Gasteiger partial charge < -0.3 is 4.90 Å². The summed E-state index contributed by atoms with van der Waals surface area (Å²) < 4.78 is 14.5. The Balaban J connectivity index is 1.68. The van der Waals surface area contributed by atoms with E-state index in [9.17, 15) is 9.18 Å². The first-order chi connectivity index (χ1) is 9.63. The van der Waals surface area contributed by atoms with Gasteiger partial charge in [-0.1, -0.05) is 34.1 Å². The van der Waals surface area contributed by atoms with Crippen LogP contribution in [0.5, 0.6) is 0 Å². The summed E-state index contributed by atoms with van der Waals surface area (Å²) in [6, 6.07) is 4.83. The molecular weight excluding hydrogens is 321 g/mol. The maximum Gasteiger partial charge on any atom is 0.227 e. The standard InChI is InChI=1S/C16H15BrFNO/c17-14-6-5-11(15(18)8-14)7-16(20)19-9-12-3-1-2-4-13(12)10-19/h1,3,5-6,8H,2,4,7,9-10H2. The zero-order valence-electron chi connectivity index (χ0n) is 11.0. The van der Waals surface area contributed by atoms with Crippen LogP contribution in [0.25, 0.3) is 0 Å². The molecule has 104 valence electrons. The van der Waals surface area contributed by atoms with Crippen molar-refractivity contribution in [3.63, 3.8) is 0 Å². The molecule has 0 saturated carbocycles. The second-order valence-corrected chi connectivity index (χ2v) is 6.15. The lowest BCUT2D eigenvalue weighted by molar-refractivity contribution is -0.129. The van der Waals surface area contributed by atoms with Gasteiger partial charge in [0, 0.05) is 17.6 Å². The summed E-state index contributed by atoms with van der Waals surface area (Å²) in [5.41, 5.74) is 3.08. The van der Waals surface area contributed by atoms with Crippen molar-refractivity contribution in [1.82, 2.24) is 4.90 Å². The van der Waals surface area contributed by atoms with E-state index in [4.69, 9.17) is 0 Å². The Kier molecular flexibility index (Phi) is 3.74. The molecule has 0 fully saturated rings. The van der Waals surface area contributed by atoms with Crippen LogP contribution >= 0.6 is 15.9 Å². The van der Waals surface area contributed by atoms with Crippen LogP contribution in [0.1, 0.15) is 18.4 Å². The fourth-order valence-electron chi connectivity index (χ4n) is 2.71. The number of halogens is 2. The number of nitrogens with zero attached hydrogens (tertiary/aromatic N) is 1. The van der Waals surface area contributed by atoms with Crippen molar-refractivity contribution in [2.24, 2.45) is 0 Å². The molecule has 1 aliphatic heterocycles. The lowest BCUT2D eigenvalue weighted by atomic mass is 10.0. The monoisotopic (exact) mass is 335 g/mol. The molecule has 4 heteroatoms. The van der Waals surface area contributed by atoms with E-state index < -0.39 is 0 Å². The highest BCUT2D eigenvalue weighted by molar-refractivity contribution is 9.10. The summed E-state index contributed by atoms with van der Waals surface area (Å²) in [4.78, 5) is 14.1. The minimum atomic E-state index is -0.329. The molecule has 0 unspecified atom stereocenters. The van der Waals surface area contributed by atoms with Crippen LogP contribution in [0.15, 0.2) is 46.0 Å². The quantitative estimate of drug-likeness (QED) is 0.808. The zero-order valence-corrected chi connectivity index (χ0v) is 12.6. The summed E-state index contributed by atoms with van der Waals surface area (Å²) in [5, 5.41) is 0. The lowest BCUT2D eigenvalue weighted by Crippen LogP contribution is -2.31. The number of hydrogen-bond acceptors (Lipinski definition) is 1. The largest absolute Gasteiger partial charge is 0.334 e. The molecule has 20 heavy (non-hydrogen) atoms. The van der Waals surface area contributed by atoms with Crippen LogP contribution in [0.3, 0.4) is 0 Å². The summed E-state index contributed by atoms with van der Waals surface area (Å²) >= 11 is 3.22.